The Morgan fingerprint density at radius 1 is 1.23 bits per heavy atom. The highest BCUT2D eigenvalue weighted by Crippen LogP contribution is 2.25. The minimum Gasteiger partial charge on any atom is -0.348 e. The Hall–Kier alpha value is -2.47. The summed E-state index contributed by atoms with van der Waals surface area (Å²) in [4.78, 5) is 32.9. The molecule has 2 aromatic heterocycles. The molecule has 1 aromatic carbocycles. The number of nitrogens with one attached hydrogen (secondary N) is 2. The van der Waals surface area contributed by atoms with E-state index in [0.717, 1.165) is 0 Å². The van der Waals surface area contributed by atoms with Gasteiger partial charge in [0.2, 0.25) is 5.91 Å². The zero-order valence-electron chi connectivity index (χ0n) is 15.0. The molecule has 6 heteroatoms. The molecule has 0 saturated carbocycles. The number of rotatable bonds is 7. The molecule has 2 heterocycles. The number of benzene rings is 1. The zero-order chi connectivity index (χ0) is 18.5. The largest absolute Gasteiger partial charge is 0.348 e. The quantitative estimate of drug-likeness (QED) is 0.665. The van der Waals surface area contributed by atoms with Crippen LogP contribution < -0.4 is 10.9 Å². The molecule has 0 aliphatic heterocycles. The first-order valence-electron chi connectivity index (χ1n) is 8.85. The van der Waals surface area contributed by atoms with Crippen LogP contribution in [0.2, 0.25) is 0 Å². The summed E-state index contributed by atoms with van der Waals surface area (Å²) in [6.45, 7) is 4.21. The SMILES string of the molecule is CC(C)C(NC(=O)CCCc1nc2ccccc2c(=O)[nH]1)c1cccs1. The van der Waals surface area contributed by atoms with E-state index < -0.39 is 0 Å². The third-order valence-corrected chi connectivity index (χ3v) is 5.27. The van der Waals surface area contributed by atoms with E-state index in [2.05, 4.69) is 35.2 Å². The van der Waals surface area contributed by atoms with Crippen molar-refractivity contribution in [2.45, 2.75) is 39.2 Å². The van der Waals surface area contributed by atoms with Gasteiger partial charge in [-0.25, -0.2) is 4.98 Å². The highest BCUT2D eigenvalue weighted by atomic mass is 32.1. The molecule has 0 bridgehead atoms. The summed E-state index contributed by atoms with van der Waals surface area (Å²) < 4.78 is 0. The minimum atomic E-state index is -0.132. The molecule has 1 unspecified atom stereocenters. The van der Waals surface area contributed by atoms with Gasteiger partial charge in [0.15, 0.2) is 0 Å². The molecule has 1 atom stereocenters. The fourth-order valence-electron chi connectivity index (χ4n) is 2.95. The smallest absolute Gasteiger partial charge is 0.258 e. The summed E-state index contributed by atoms with van der Waals surface area (Å²) in [6.07, 6.45) is 1.62. The van der Waals surface area contributed by atoms with Crippen molar-refractivity contribution in [3.05, 3.63) is 62.8 Å². The van der Waals surface area contributed by atoms with Crippen molar-refractivity contribution < 1.29 is 4.79 Å². The highest BCUT2D eigenvalue weighted by molar-refractivity contribution is 7.10. The molecule has 0 aliphatic rings. The molecule has 26 heavy (non-hydrogen) atoms. The van der Waals surface area contributed by atoms with Crippen LogP contribution in [0.5, 0.6) is 0 Å². The number of amides is 1. The molecule has 3 aromatic rings. The van der Waals surface area contributed by atoms with Crippen LogP contribution in [-0.2, 0) is 11.2 Å². The lowest BCUT2D eigenvalue weighted by Crippen LogP contribution is -2.31. The Balaban J connectivity index is 1.57. The summed E-state index contributed by atoms with van der Waals surface area (Å²) in [6, 6.07) is 11.4. The van der Waals surface area contributed by atoms with Crippen molar-refractivity contribution in [1.29, 1.82) is 0 Å². The minimum absolute atomic E-state index is 0.0280. The van der Waals surface area contributed by atoms with Gasteiger partial charge in [-0.2, -0.15) is 0 Å². The normalized spacial score (nSPS) is 12.4. The van der Waals surface area contributed by atoms with Gasteiger partial charge in [-0.05, 0) is 35.9 Å². The molecule has 3 rings (SSSR count). The van der Waals surface area contributed by atoms with E-state index in [1.807, 2.05) is 29.6 Å². The van der Waals surface area contributed by atoms with Gasteiger partial charge < -0.3 is 10.3 Å². The zero-order valence-corrected chi connectivity index (χ0v) is 15.8. The van der Waals surface area contributed by atoms with Crippen LogP contribution in [-0.4, -0.2) is 15.9 Å². The molecule has 0 spiro atoms. The fourth-order valence-corrected chi connectivity index (χ4v) is 3.90. The summed E-state index contributed by atoms with van der Waals surface area (Å²) >= 11 is 1.66. The number of H-pyrrole nitrogens is 1. The van der Waals surface area contributed by atoms with Crippen LogP contribution >= 0.6 is 11.3 Å². The van der Waals surface area contributed by atoms with Crippen molar-refractivity contribution >= 4 is 28.1 Å². The molecular weight excluding hydrogens is 346 g/mol. The maximum absolute atomic E-state index is 12.3. The topological polar surface area (TPSA) is 74.8 Å². The van der Waals surface area contributed by atoms with Crippen LogP contribution in [0.25, 0.3) is 10.9 Å². The van der Waals surface area contributed by atoms with Gasteiger partial charge in [0, 0.05) is 17.7 Å². The number of aromatic amines is 1. The number of hydrogen-bond donors (Lipinski definition) is 2. The first-order valence-corrected chi connectivity index (χ1v) is 9.73. The number of para-hydroxylation sites is 1. The second kappa shape index (κ2) is 8.27. The number of aromatic nitrogens is 2. The first-order chi connectivity index (χ1) is 12.5. The van der Waals surface area contributed by atoms with Gasteiger partial charge in [0.1, 0.15) is 5.82 Å². The lowest BCUT2D eigenvalue weighted by molar-refractivity contribution is -0.122. The van der Waals surface area contributed by atoms with Crippen LogP contribution in [0, 0.1) is 5.92 Å². The number of hydrogen-bond acceptors (Lipinski definition) is 4. The van der Waals surface area contributed by atoms with Crippen molar-refractivity contribution in [2.75, 3.05) is 0 Å². The second-order valence-electron chi connectivity index (χ2n) is 6.69. The van der Waals surface area contributed by atoms with Gasteiger partial charge in [0.25, 0.3) is 5.56 Å². The summed E-state index contributed by atoms with van der Waals surface area (Å²) in [7, 11) is 0. The van der Waals surface area contributed by atoms with Crippen LogP contribution in [0.15, 0.2) is 46.6 Å². The number of aryl methyl sites for hydroxylation is 1. The van der Waals surface area contributed by atoms with Crippen LogP contribution in [0.1, 0.15) is 43.4 Å². The number of carbonyl (C=O) groups is 1. The Morgan fingerprint density at radius 3 is 2.77 bits per heavy atom. The summed E-state index contributed by atoms with van der Waals surface area (Å²) in [5.41, 5.74) is 0.556. The van der Waals surface area contributed by atoms with Crippen molar-refractivity contribution in [2.24, 2.45) is 5.92 Å². The molecule has 0 radical (unpaired) electrons. The van der Waals surface area contributed by atoms with Crippen LogP contribution in [0.3, 0.4) is 0 Å². The maximum atomic E-state index is 12.3. The first kappa shape index (κ1) is 18.3. The average Bonchev–Trinajstić information content (AvgIpc) is 3.14. The third-order valence-electron chi connectivity index (χ3n) is 4.31. The van der Waals surface area contributed by atoms with E-state index >= 15 is 0 Å². The Morgan fingerprint density at radius 2 is 2.04 bits per heavy atom. The van der Waals surface area contributed by atoms with Crippen molar-refractivity contribution in [3.8, 4) is 0 Å². The van der Waals surface area contributed by atoms with E-state index in [4.69, 9.17) is 0 Å². The van der Waals surface area contributed by atoms with Gasteiger partial charge in [-0.1, -0.05) is 32.0 Å². The fraction of sp³-hybridized carbons (Fsp3) is 0.350. The van der Waals surface area contributed by atoms with E-state index in [-0.39, 0.29) is 17.5 Å². The lowest BCUT2D eigenvalue weighted by atomic mass is 10.0. The van der Waals surface area contributed by atoms with Gasteiger partial charge in [-0.15, -0.1) is 11.3 Å². The molecule has 0 saturated heterocycles. The summed E-state index contributed by atoms with van der Waals surface area (Å²) in [5, 5.41) is 5.74. The average molecular weight is 369 g/mol. The molecular formula is C20H23N3O2S. The van der Waals surface area contributed by atoms with Crippen molar-refractivity contribution in [3.63, 3.8) is 0 Å². The predicted molar refractivity (Wildman–Crippen MR) is 105 cm³/mol. The standard InChI is InChI=1S/C20H23N3O2S/c1-13(2)19(16-9-6-12-26-16)23-18(24)11-5-10-17-21-15-8-4-3-7-14(15)20(25)22-17/h3-4,6-9,12-13,19H,5,10-11H2,1-2H3,(H,23,24)(H,21,22,25). The van der Waals surface area contributed by atoms with E-state index in [0.29, 0.717) is 41.9 Å². The summed E-state index contributed by atoms with van der Waals surface area (Å²) in [5.74, 6) is 0.983. The number of nitrogens with zero attached hydrogens (tertiary/aromatic N) is 1. The van der Waals surface area contributed by atoms with Gasteiger partial charge in [-0.3, -0.25) is 9.59 Å². The Kier molecular flexibility index (Phi) is 5.83. The number of fused-ring (bicyclic) bond motifs is 1. The molecule has 136 valence electrons. The van der Waals surface area contributed by atoms with Gasteiger partial charge in [0.05, 0.1) is 16.9 Å². The molecule has 0 fully saturated rings. The number of thiophene rings is 1. The number of carbonyl (C=O) groups excluding carboxylic acids is 1. The molecule has 2 N–H and O–H groups in total. The molecule has 5 nitrogen and oxygen atoms in total. The van der Waals surface area contributed by atoms with E-state index in [9.17, 15) is 9.59 Å². The Labute approximate surface area is 156 Å². The predicted octanol–water partition coefficient (Wildman–Crippen LogP) is 3.82. The monoisotopic (exact) mass is 369 g/mol. The van der Waals surface area contributed by atoms with E-state index in [1.54, 1.807) is 17.4 Å². The van der Waals surface area contributed by atoms with Crippen LogP contribution in [0.4, 0.5) is 0 Å². The molecule has 1 amide bonds. The van der Waals surface area contributed by atoms with Crippen molar-refractivity contribution in [1.82, 2.24) is 15.3 Å². The Bertz CT molecular complexity index is 932. The van der Waals surface area contributed by atoms with Gasteiger partial charge >= 0.3 is 0 Å². The molecule has 0 aliphatic carbocycles. The third kappa shape index (κ3) is 4.38. The van der Waals surface area contributed by atoms with E-state index in [1.165, 1.54) is 4.88 Å². The lowest BCUT2D eigenvalue weighted by Gasteiger charge is -2.21. The highest BCUT2D eigenvalue weighted by Gasteiger charge is 2.19. The maximum Gasteiger partial charge on any atom is 0.258 e. The second-order valence-corrected chi connectivity index (χ2v) is 7.67.